The monoisotopic (exact) mass is 429 g/mol. The highest BCUT2D eigenvalue weighted by Crippen LogP contribution is 2.64. The van der Waals surface area contributed by atoms with Crippen molar-refractivity contribution in [3.8, 4) is 5.75 Å². The van der Waals surface area contributed by atoms with E-state index < -0.39 is 35.2 Å². The molecule has 2 N–H and O–H groups in total. The number of likely N-dealkylation sites (N-methyl/N-ethyl adjacent to an activating group) is 1. The molecule has 1 aromatic rings. The number of aliphatic hydroxyl groups excluding tert-OH is 1. The molecule has 5 rings (SSSR count). The molecule has 0 aromatic heterocycles. The Hall–Kier alpha value is -2.42. The van der Waals surface area contributed by atoms with Gasteiger partial charge in [0, 0.05) is 30.5 Å². The lowest BCUT2D eigenvalue weighted by Gasteiger charge is -2.61. The molecule has 0 amide bonds. The van der Waals surface area contributed by atoms with Crippen LogP contribution < -0.4 is 4.74 Å². The normalized spacial score (nSPS) is 33.6. The maximum Gasteiger partial charge on any atom is 0.352 e. The lowest BCUT2D eigenvalue weighted by molar-refractivity contribution is -0.175. The zero-order valence-electron chi connectivity index (χ0n) is 17.9. The second-order valence-electron chi connectivity index (χ2n) is 9.07. The molecule has 1 spiro atoms. The predicted molar refractivity (Wildman–Crippen MR) is 108 cm³/mol. The average Bonchev–Trinajstić information content (AvgIpc) is 3.07. The van der Waals surface area contributed by atoms with Crippen LogP contribution in [0.2, 0.25) is 0 Å². The Morgan fingerprint density at radius 2 is 2.16 bits per heavy atom. The largest absolute Gasteiger partial charge is 0.481 e. The Bertz CT molecular complexity index is 1000. The molecule has 2 unspecified atom stereocenters. The van der Waals surface area contributed by atoms with Crippen molar-refractivity contribution in [3.63, 3.8) is 0 Å². The number of aliphatic hydroxyl groups is 2. The Labute approximate surface area is 180 Å². The van der Waals surface area contributed by atoms with Gasteiger partial charge in [-0.05, 0) is 45.0 Å². The van der Waals surface area contributed by atoms with Crippen molar-refractivity contribution in [3.05, 3.63) is 40.7 Å². The van der Waals surface area contributed by atoms with Gasteiger partial charge in [0.2, 0.25) is 0 Å². The molecule has 2 aliphatic heterocycles. The molecule has 8 nitrogen and oxygen atoms in total. The summed E-state index contributed by atoms with van der Waals surface area (Å²) < 4.78 is 17.0. The first-order valence-corrected chi connectivity index (χ1v) is 10.7. The van der Waals surface area contributed by atoms with Gasteiger partial charge in [-0.3, -0.25) is 4.79 Å². The average molecular weight is 429 g/mol. The molecule has 0 saturated carbocycles. The molecule has 2 heterocycles. The van der Waals surface area contributed by atoms with Gasteiger partial charge in [0.1, 0.15) is 11.5 Å². The highest BCUT2D eigenvalue weighted by Gasteiger charge is 2.71. The fraction of sp³-hybridized carbons (Fsp3) is 0.565. The molecule has 166 valence electrons. The van der Waals surface area contributed by atoms with E-state index in [9.17, 15) is 19.8 Å². The number of benzene rings is 1. The molecular weight excluding hydrogens is 402 g/mol. The number of nitrogens with zero attached hydrogens (tertiary/aromatic N) is 1. The summed E-state index contributed by atoms with van der Waals surface area (Å²) in [6.45, 7) is 3.27. The molecule has 31 heavy (non-hydrogen) atoms. The van der Waals surface area contributed by atoms with Crippen LogP contribution in [0.25, 0.3) is 0 Å². The molecule has 1 fully saturated rings. The highest BCUT2D eigenvalue weighted by atomic mass is 16.6. The molecule has 2 aliphatic carbocycles. The minimum atomic E-state index is -1.09. The number of hydrogen-bond donors (Lipinski definition) is 2. The van der Waals surface area contributed by atoms with Gasteiger partial charge in [-0.15, -0.1) is 0 Å². The van der Waals surface area contributed by atoms with E-state index in [0.29, 0.717) is 36.3 Å². The first kappa shape index (κ1) is 20.5. The number of piperidine rings is 1. The van der Waals surface area contributed by atoms with Crippen molar-refractivity contribution in [1.82, 2.24) is 4.90 Å². The smallest absolute Gasteiger partial charge is 0.352 e. The number of likely N-dealkylation sites (tertiary alicyclic amines) is 1. The lowest BCUT2D eigenvalue weighted by Crippen LogP contribution is -2.74. The second-order valence-corrected chi connectivity index (χ2v) is 9.07. The van der Waals surface area contributed by atoms with Crippen molar-refractivity contribution >= 4 is 11.9 Å². The SMILES string of the molecule is CC(=O)O[C@@H](C)C(=O)OC1=CC[C@@]2(O)[C@H]3Cc4ccc(CO)c5c4C2(CCN3C)C1O5. The predicted octanol–water partition coefficient (Wildman–Crippen LogP) is 0.951. The third kappa shape index (κ3) is 2.58. The molecular formula is C23H27NO7. The Kier molecular flexibility index (Phi) is 4.48. The summed E-state index contributed by atoms with van der Waals surface area (Å²) in [5, 5.41) is 22.0. The van der Waals surface area contributed by atoms with Gasteiger partial charge in [0.15, 0.2) is 12.2 Å². The van der Waals surface area contributed by atoms with Crippen LogP contribution in [-0.2, 0) is 37.5 Å². The lowest BCUT2D eigenvalue weighted by atomic mass is 9.50. The van der Waals surface area contributed by atoms with E-state index in [1.807, 2.05) is 19.2 Å². The van der Waals surface area contributed by atoms with Crippen LogP contribution in [0.3, 0.4) is 0 Å². The molecule has 4 aliphatic rings. The van der Waals surface area contributed by atoms with Crippen LogP contribution in [0.15, 0.2) is 24.0 Å². The quantitative estimate of drug-likeness (QED) is 0.682. The van der Waals surface area contributed by atoms with Crippen molar-refractivity contribution in [2.24, 2.45) is 0 Å². The number of carbonyl (C=O) groups excluding carboxylic acids is 2. The van der Waals surface area contributed by atoms with Crippen molar-refractivity contribution < 1.29 is 34.0 Å². The summed E-state index contributed by atoms with van der Waals surface area (Å²) >= 11 is 0. The summed E-state index contributed by atoms with van der Waals surface area (Å²) in [4.78, 5) is 26.0. The minimum absolute atomic E-state index is 0.0979. The Balaban J connectivity index is 1.61. The van der Waals surface area contributed by atoms with Crippen LogP contribution in [-0.4, -0.2) is 64.5 Å². The maximum atomic E-state index is 12.6. The van der Waals surface area contributed by atoms with Gasteiger partial charge < -0.3 is 29.3 Å². The van der Waals surface area contributed by atoms with Crippen molar-refractivity contribution in [1.29, 1.82) is 0 Å². The van der Waals surface area contributed by atoms with E-state index in [0.717, 1.165) is 17.7 Å². The highest BCUT2D eigenvalue weighted by molar-refractivity contribution is 5.79. The third-order valence-corrected chi connectivity index (χ3v) is 7.52. The fourth-order valence-corrected chi connectivity index (χ4v) is 6.13. The number of rotatable bonds is 4. The van der Waals surface area contributed by atoms with Crippen molar-refractivity contribution in [2.75, 3.05) is 13.6 Å². The van der Waals surface area contributed by atoms with Crippen LogP contribution >= 0.6 is 0 Å². The summed E-state index contributed by atoms with van der Waals surface area (Å²) in [6, 6.07) is 3.77. The molecule has 0 radical (unpaired) electrons. The van der Waals surface area contributed by atoms with Gasteiger partial charge in [0.25, 0.3) is 0 Å². The van der Waals surface area contributed by atoms with E-state index in [-0.39, 0.29) is 12.6 Å². The number of esters is 2. The summed E-state index contributed by atoms with van der Waals surface area (Å²) in [5.41, 5.74) is 0.824. The van der Waals surface area contributed by atoms with E-state index in [1.165, 1.54) is 13.8 Å². The summed E-state index contributed by atoms with van der Waals surface area (Å²) in [6.07, 6.45) is 1.60. The maximum absolute atomic E-state index is 12.6. The van der Waals surface area contributed by atoms with Crippen molar-refractivity contribution in [2.45, 2.75) is 69.0 Å². The molecule has 2 bridgehead atoms. The molecule has 1 saturated heterocycles. The van der Waals surface area contributed by atoms with E-state index >= 15 is 0 Å². The Morgan fingerprint density at radius 1 is 1.39 bits per heavy atom. The van der Waals surface area contributed by atoms with Gasteiger partial charge in [-0.2, -0.15) is 0 Å². The van der Waals surface area contributed by atoms with Crippen LogP contribution in [0.1, 0.15) is 43.4 Å². The standard InChI is InChI=1S/C23H27NO7/c1-12(29-13(2)26)21(27)30-16-6-7-23(28)17-10-14-4-5-15(11-25)19-18(14)22(23,20(16)31-19)8-9-24(17)3/h4-6,12,17,20,25,28H,7-11H2,1-3H3/t12-,17+,20?,22?,23+/m0/s1. The fourth-order valence-electron chi connectivity index (χ4n) is 6.13. The number of carbonyl (C=O) groups is 2. The van der Waals surface area contributed by atoms with E-state index in [4.69, 9.17) is 14.2 Å². The zero-order valence-corrected chi connectivity index (χ0v) is 17.9. The van der Waals surface area contributed by atoms with E-state index in [2.05, 4.69) is 4.90 Å². The first-order chi connectivity index (χ1) is 14.7. The number of hydrogen-bond acceptors (Lipinski definition) is 8. The Morgan fingerprint density at radius 3 is 2.87 bits per heavy atom. The zero-order chi connectivity index (χ0) is 22.1. The third-order valence-electron chi connectivity index (χ3n) is 7.52. The topological polar surface area (TPSA) is 106 Å². The van der Waals surface area contributed by atoms with Gasteiger partial charge in [-0.1, -0.05) is 12.1 Å². The summed E-state index contributed by atoms with van der Waals surface area (Å²) in [5.74, 6) is -0.346. The van der Waals surface area contributed by atoms with Gasteiger partial charge in [0.05, 0.1) is 17.6 Å². The molecule has 8 heteroatoms. The van der Waals surface area contributed by atoms with Crippen LogP contribution in [0.5, 0.6) is 5.75 Å². The summed E-state index contributed by atoms with van der Waals surface area (Å²) in [7, 11) is 2.02. The van der Waals surface area contributed by atoms with Crippen LogP contribution in [0.4, 0.5) is 0 Å². The minimum Gasteiger partial charge on any atom is -0.481 e. The van der Waals surface area contributed by atoms with Crippen LogP contribution in [0, 0.1) is 0 Å². The first-order valence-electron chi connectivity index (χ1n) is 10.7. The molecule has 5 atom stereocenters. The number of ether oxygens (including phenoxy) is 3. The molecule has 1 aromatic carbocycles. The van der Waals surface area contributed by atoms with Gasteiger partial charge in [-0.25, -0.2) is 4.79 Å². The van der Waals surface area contributed by atoms with E-state index in [1.54, 1.807) is 6.08 Å². The van der Waals surface area contributed by atoms with Gasteiger partial charge >= 0.3 is 11.9 Å². The second kappa shape index (κ2) is 6.79.